The minimum absolute atomic E-state index is 0.174. The SMILES string of the molecule is COc1ccc(OC)c(Nc2ncc(C)c(-c3coc(C(=O)N[C@H](CO)c4cccc(Cl)c4)n3)n2)c1. The van der Waals surface area contributed by atoms with E-state index in [9.17, 15) is 9.90 Å². The molecule has 0 aliphatic heterocycles. The summed E-state index contributed by atoms with van der Waals surface area (Å²) in [7, 11) is 3.13. The number of nitrogens with zero attached hydrogens (tertiary/aromatic N) is 3. The lowest BCUT2D eigenvalue weighted by Crippen LogP contribution is -2.31. The summed E-state index contributed by atoms with van der Waals surface area (Å²) >= 11 is 6.03. The predicted octanol–water partition coefficient (Wildman–Crippen LogP) is 4.32. The number of hydrogen-bond donors (Lipinski definition) is 3. The van der Waals surface area contributed by atoms with Gasteiger partial charge < -0.3 is 29.6 Å². The van der Waals surface area contributed by atoms with Crippen molar-refractivity contribution in [1.82, 2.24) is 20.3 Å². The molecule has 0 radical (unpaired) electrons. The first-order valence-electron chi connectivity index (χ1n) is 10.9. The highest BCUT2D eigenvalue weighted by molar-refractivity contribution is 6.30. The van der Waals surface area contributed by atoms with Gasteiger partial charge in [0.15, 0.2) is 0 Å². The summed E-state index contributed by atoms with van der Waals surface area (Å²) in [6.45, 7) is 1.49. The van der Waals surface area contributed by atoms with E-state index in [1.54, 1.807) is 62.9 Å². The van der Waals surface area contributed by atoms with Crippen LogP contribution in [0.3, 0.4) is 0 Å². The highest BCUT2D eigenvalue weighted by atomic mass is 35.5. The molecule has 186 valence electrons. The number of aliphatic hydroxyl groups is 1. The van der Waals surface area contributed by atoms with E-state index >= 15 is 0 Å². The molecule has 4 rings (SSSR count). The largest absolute Gasteiger partial charge is 0.497 e. The maximum Gasteiger partial charge on any atom is 0.307 e. The average Bonchev–Trinajstić information content (AvgIpc) is 3.38. The summed E-state index contributed by atoms with van der Waals surface area (Å²) in [6.07, 6.45) is 2.97. The van der Waals surface area contributed by atoms with E-state index in [2.05, 4.69) is 25.6 Å². The van der Waals surface area contributed by atoms with Gasteiger partial charge in [0, 0.05) is 17.3 Å². The number of benzene rings is 2. The Morgan fingerprint density at radius 1 is 1.17 bits per heavy atom. The lowest BCUT2D eigenvalue weighted by Gasteiger charge is -2.15. The minimum Gasteiger partial charge on any atom is -0.497 e. The van der Waals surface area contributed by atoms with Crippen molar-refractivity contribution in [2.75, 3.05) is 26.1 Å². The number of ether oxygens (including phenoxy) is 2. The first-order chi connectivity index (χ1) is 17.4. The molecule has 0 saturated carbocycles. The van der Waals surface area contributed by atoms with Crippen LogP contribution in [0.15, 0.2) is 59.3 Å². The van der Waals surface area contributed by atoms with E-state index in [1.807, 2.05) is 6.92 Å². The molecule has 11 heteroatoms. The minimum atomic E-state index is -0.680. The van der Waals surface area contributed by atoms with Crippen LogP contribution in [0.1, 0.15) is 27.9 Å². The van der Waals surface area contributed by atoms with E-state index in [1.165, 1.54) is 6.26 Å². The van der Waals surface area contributed by atoms with Crippen LogP contribution in [-0.4, -0.2) is 46.8 Å². The first kappa shape index (κ1) is 25.0. The molecule has 0 saturated heterocycles. The quantitative estimate of drug-likeness (QED) is 0.302. The Morgan fingerprint density at radius 2 is 2.00 bits per heavy atom. The summed E-state index contributed by atoms with van der Waals surface area (Å²) in [4.78, 5) is 25.9. The van der Waals surface area contributed by atoms with Crippen LogP contribution in [0, 0.1) is 6.92 Å². The van der Waals surface area contributed by atoms with E-state index in [0.717, 1.165) is 5.56 Å². The lowest BCUT2D eigenvalue weighted by atomic mass is 10.1. The second-order valence-electron chi connectivity index (χ2n) is 7.72. The van der Waals surface area contributed by atoms with Crippen LogP contribution >= 0.6 is 11.6 Å². The number of methoxy groups -OCH3 is 2. The van der Waals surface area contributed by atoms with Crippen molar-refractivity contribution in [3.63, 3.8) is 0 Å². The van der Waals surface area contributed by atoms with Gasteiger partial charge in [0.2, 0.25) is 5.95 Å². The number of aromatic nitrogens is 3. The van der Waals surface area contributed by atoms with Crippen LogP contribution < -0.4 is 20.1 Å². The fraction of sp³-hybridized carbons (Fsp3) is 0.200. The Hall–Kier alpha value is -4.15. The molecular formula is C25H24ClN5O5. The topological polar surface area (TPSA) is 132 Å². The summed E-state index contributed by atoms with van der Waals surface area (Å²) < 4.78 is 16.1. The Balaban J connectivity index is 1.55. The maximum atomic E-state index is 12.8. The van der Waals surface area contributed by atoms with Crippen molar-refractivity contribution in [1.29, 1.82) is 0 Å². The van der Waals surface area contributed by atoms with Gasteiger partial charge in [-0.05, 0) is 42.3 Å². The molecule has 0 bridgehead atoms. The van der Waals surface area contributed by atoms with E-state index in [-0.39, 0.29) is 18.4 Å². The molecule has 1 atom stereocenters. The highest BCUT2D eigenvalue weighted by Crippen LogP contribution is 2.31. The van der Waals surface area contributed by atoms with Gasteiger partial charge in [-0.2, -0.15) is 0 Å². The lowest BCUT2D eigenvalue weighted by molar-refractivity contribution is 0.0881. The zero-order valence-corrected chi connectivity index (χ0v) is 20.5. The number of halogens is 1. The van der Waals surface area contributed by atoms with Crippen LogP contribution in [0.2, 0.25) is 5.02 Å². The number of hydrogen-bond acceptors (Lipinski definition) is 9. The molecule has 0 spiro atoms. The van der Waals surface area contributed by atoms with Crippen molar-refractivity contribution < 1.29 is 23.8 Å². The Kier molecular flexibility index (Phi) is 7.67. The summed E-state index contributed by atoms with van der Waals surface area (Å²) in [5, 5.41) is 16.1. The monoisotopic (exact) mass is 509 g/mol. The van der Waals surface area contributed by atoms with Crippen LogP contribution in [0.25, 0.3) is 11.4 Å². The molecule has 0 aliphatic rings. The standard InChI is InChI=1S/C25H24ClN5O5/c1-14-11-27-25(30-18-10-17(34-2)7-8-21(18)35-3)31-22(14)20-13-36-24(29-20)23(33)28-19(12-32)15-5-4-6-16(26)9-15/h4-11,13,19,32H,12H2,1-3H3,(H,28,33)(H,27,30,31)/t19-/m1/s1. The Morgan fingerprint density at radius 3 is 2.72 bits per heavy atom. The molecule has 4 aromatic rings. The number of nitrogens with one attached hydrogen (secondary N) is 2. The number of rotatable bonds is 9. The van der Waals surface area contributed by atoms with Gasteiger partial charge in [-0.3, -0.25) is 4.79 Å². The van der Waals surface area contributed by atoms with Crippen molar-refractivity contribution in [2.24, 2.45) is 0 Å². The summed E-state index contributed by atoms with van der Waals surface area (Å²) in [5.74, 6) is 0.744. The second-order valence-corrected chi connectivity index (χ2v) is 8.15. The van der Waals surface area contributed by atoms with E-state index in [0.29, 0.717) is 39.2 Å². The Labute approximate surface area is 212 Å². The third-order valence-electron chi connectivity index (χ3n) is 5.30. The van der Waals surface area contributed by atoms with Crippen LogP contribution in [0.4, 0.5) is 11.6 Å². The molecule has 2 aromatic heterocycles. The predicted molar refractivity (Wildman–Crippen MR) is 134 cm³/mol. The second kappa shape index (κ2) is 11.1. The van der Waals surface area contributed by atoms with Crippen molar-refractivity contribution in [3.05, 3.63) is 77.0 Å². The highest BCUT2D eigenvalue weighted by Gasteiger charge is 2.21. The number of aliphatic hydroxyl groups excluding tert-OH is 1. The molecule has 0 fully saturated rings. The van der Waals surface area contributed by atoms with Crippen molar-refractivity contribution in [3.8, 4) is 22.9 Å². The maximum absolute atomic E-state index is 12.8. The van der Waals surface area contributed by atoms with Gasteiger partial charge in [0.05, 0.1) is 32.6 Å². The molecule has 3 N–H and O–H groups in total. The number of oxazole rings is 1. The smallest absolute Gasteiger partial charge is 0.307 e. The molecule has 2 heterocycles. The molecule has 1 amide bonds. The van der Waals surface area contributed by atoms with Gasteiger partial charge in [-0.1, -0.05) is 23.7 Å². The number of anilines is 2. The Bertz CT molecular complexity index is 1380. The first-order valence-corrected chi connectivity index (χ1v) is 11.3. The van der Waals surface area contributed by atoms with Gasteiger partial charge in [0.25, 0.3) is 5.89 Å². The number of carbonyl (C=O) groups is 1. The normalized spacial score (nSPS) is 11.6. The zero-order chi connectivity index (χ0) is 25.7. The molecule has 2 aromatic carbocycles. The van der Waals surface area contributed by atoms with Crippen molar-refractivity contribution >= 4 is 29.1 Å². The fourth-order valence-corrected chi connectivity index (χ4v) is 3.66. The van der Waals surface area contributed by atoms with Gasteiger partial charge >= 0.3 is 5.91 Å². The van der Waals surface area contributed by atoms with Crippen molar-refractivity contribution in [2.45, 2.75) is 13.0 Å². The molecule has 10 nitrogen and oxygen atoms in total. The average molecular weight is 510 g/mol. The van der Waals surface area contributed by atoms with E-state index < -0.39 is 11.9 Å². The van der Waals surface area contributed by atoms with Gasteiger partial charge in [-0.15, -0.1) is 0 Å². The zero-order valence-electron chi connectivity index (χ0n) is 19.8. The third kappa shape index (κ3) is 5.56. The van der Waals surface area contributed by atoms with Crippen LogP contribution in [0.5, 0.6) is 11.5 Å². The van der Waals surface area contributed by atoms with Gasteiger partial charge in [0.1, 0.15) is 29.2 Å². The molecule has 0 unspecified atom stereocenters. The van der Waals surface area contributed by atoms with E-state index in [4.69, 9.17) is 25.5 Å². The fourth-order valence-electron chi connectivity index (χ4n) is 3.46. The third-order valence-corrected chi connectivity index (χ3v) is 5.54. The number of amides is 1. The molecule has 0 aliphatic carbocycles. The summed E-state index contributed by atoms with van der Waals surface area (Å²) in [6, 6.07) is 11.5. The van der Waals surface area contributed by atoms with Gasteiger partial charge in [-0.25, -0.2) is 15.0 Å². The number of aryl methyl sites for hydroxylation is 1. The van der Waals surface area contributed by atoms with Crippen LogP contribution in [-0.2, 0) is 0 Å². The molecule has 36 heavy (non-hydrogen) atoms. The summed E-state index contributed by atoms with van der Waals surface area (Å²) in [5.41, 5.74) is 2.82. The number of carbonyl (C=O) groups excluding carboxylic acids is 1. The molecular weight excluding hydrogens is 486 g/mol.